The zero-order valence-corrected chi connectivity index (χ0v) is 12.6. The van der Waals surface area contributed by atoms with Gasteiger partial charge in [0.1, 0.15) is 6.04 Å². The van der Waals surface area contributed by atoms with Gasteiger partial charge in [0.05, 0.1) is 0 Å². The zero-order valence-electron chi connectivity index (χ0n) is 12.6. The van der Waals surface area contributed by atoms with E-state index in [4.69, 9.17) is 0 Å². The first-order valence-corrected chi connectivity index (χ1v) is 7.77. The fraction of sp³-hybridized carbons (Fsp3) is 0.529. The van der Waals surface area contributed by atoms with E-state index in [-0.39, 0.29) is 17.9 Å². The number of nitrogens with zero attached hydrogens (tertiary/aromatic N) is 1. The maximum Gasteiger partial charge on any atom is 0.249 e. The molecule has 1 unspecified atom stereocenters. The molecule has 1 heterocycles. The van der Waals surface area contributed by atoms with E-state index in [0.29, 0.717) is 24.8 Å². The smallest absolute Gasteiger partial charge is 0.249 e. The first-order valence-electron chi connectivity index (χ1n) is 7.77. The molecule has 1 saturated carbocycles. The molecule has 2 aliphatic rings. The number of carbonyl (C=O) groups excluding carboxylic acids is 2. The summed E-state index contributed by atoms with van der Waals surface area (Å²) in [5.41, 5.74) is 2.13. The topological polar surface area (TPSA) is 49.4 Å². The van der Waals surface area contributed by atoms with Crippen LogP contribution in [0.3, 0.4) is 0 Å². The van der Waals surface area contributed by atoms with E-state index in [2.05, 4.69) is 31.3 Å². The van der Waals surface area contributed by atoms with Gasteiger partial charge < -0.3 is 10.2 Å². The van der Waals surface area contributed by atoms with E-state index in [0.717, 1.165) is 18.5 Å². The lowest BCUT2D eigenvalue weighted by Gasteiger charge is -2.25. The quantitative estimate of drug-likeness (QED) is 0.928. The number of amides is 2. The minimum Gasteiger partial charge on any atom is -0.344 e. The molecule has 1 atom stereocenters. The van der Waals surface area contributed by atoms with Crippen LogP contribution in [0.2, 0.25) is 0 Å². The standard InChI is InChI=1S/C17H22N2O2/c1-11(2)13-4-3-5-14(10-13)19-9-8-15(20)18-16(17(19)21)12-6-7-12/h3-5,10-12,16H,6-9H2,1-2H3,(H,18,20). The summed E-state index contributed by atoms with van der Waals surface area (Å²) in [5, 5.41) is 2.90. The number of hydrogen-bond acceptors (Lipinski definition) is 2. The van der Waals surface area contributed by atoms with Crippen molar-refractivity contribution in [3.8, 4) is 0 Å². The summed E-state index contributed by atoms with van der Waals surface area (Å²) in [6.07, 6.45) is 2.45. The molecule has 0 radical (unpaired) electrons. The predicted octanol–water partition coefficient (Wildman–Crippen LogP) is 2.44. The fourth-order valence-corrected chi connectivity index (χ4v) is 2.86. The van der Waals surface area contributed by atoms with Gasteiger partial charge in [-0.05, 0) is 42.4 Å². The van der Waals surface area contributed by atoms with Crippen LogP contribution < -0.4 is 10.2 Å². The third-order valence-electron chi connectivity index (χ3n) is 4.35. The third kappa shape index (κ3) is 2.94. The van der Waals surface area contributed by atoms with Gasteiger partial charge in [0.25, 0.3) is 0 Å². The monoisotopic (exact) mass is 286 g/mol. The second-order valence-electron chi connectivity index (χ2n) is 6.37. The average Bonchev–Trinajstić information content (AvgIpc) is 3.29. The highest BCUT2D eigenvalue weighted by Gasteiger charge is 2.41. The van der Waals surface area contributed by atoms with Gasteiger partial charge in [-0.2, -0.15) is 0 Å². The molecule has 112 valence electrons. The highest BCUT2D eigenvalue weighted by molar-refractivity contribution is 6.01. The van der Waals surface area contributed by atoms with E-state index < -0.39 is 0 Å². The summed E-state index contributed by atoms with van der Waals surface area (Å²) in [5.74, 6) is 0.786. The van der Waals surface area contributed by atoms with Crippen molar-refractivity contribution in [2.24, 2.45) is 5.92 Å². The summed E-state index contributed by atoms with van der Waals surface area (Å²) in [7, 11) is 0. The zero-order chi connectivity index (χ0) is 15.0. The molecule has 21 heavy (non-hydrogen) atoms. The van der Waals surface area contributed by atoms with E-state index in [1.807, 2.05) is 12.1 Å². The van der Waals surface area contributed by atoms with Gasteiger partial charge in [0.15, 0.2) is 0 Å². The van der Waals surface area contributed by atoms with Gasteiger partial charge in [0, 0.05) is 18.7 Å². The normalized spacial score (nSPS) is 23.2. The lowest BCUT2D eigenvalue weighted by atomic mass is 10.0. The molecule has 1 aliphatic heterocycles. The van der Waals surface area contributed by atoms with Crippen LogP contribution in [0.1, 0.15) is 44.6 Å². The maximum absolute atomic E-state index is 12.8. The Balaban J connectivity index is 1.90. The first kappa shape index (κ1) is 14.1. The van der Waals surface area contributed by atoms with Crippen LogP contribution in [0.25, 0.3) is 0 Å². The van der Waals surface area contributed by atoms with Crippen molar-refractivity contribution < 1.29 is 9.59 Å². The van der Waals surface area contributed by atoms with E-state index >= 15 is 0 Å². The Morgan fingerprint density at radius 3 is 2.67 bits per heavy atom. The first-order chi connectivity index (χ1) is 10.1. The van der Waals surface area contributed by atoms with Gasteiger partial charge in [-0.1, -0.05) is 26.0 Å². The second kappa shape index (κ2) is 5.51. The molecule has 2 amide bonds. The summed E-state index contributed by atoms with van der Waals surface area (Å²) >= 11 is 0. The van der Waals surface area contributed by atoms with E-state index in [1.54, 1.807) is 4.90 Å². The Morgan fingerprint density at radius 1 is 1.24 bits per heavy atom. The summed E-state index contributed by atoms with van der Waals surface area (Å²) < 4.78 is 0. The predicted molar refractivity (Wildman–Crippen MR) is 82.2 cm³/mol. The number of hydrogen-bond donors (Lipinski definition) is 1. The minimum atomic E-state index is -0.331. The highest BCUT2D eigenvalue weighted by atomic mass is 16.2. The molecular formula is C17H22N2O2. The molecule has 1 N–H and O–H groups in total. The van der Waals surface area contributed by atoms with Crippen LogP contribution >= 0.6 is 0 Å². The molecule has 2 fully saturated rings. The number of anilines is 1. The van der Waals surface area contributed by atoms with Crippen molar-refractivity contribution in [2.45, 2.75) is 45.1 Å². The molecule has 4 heteroatoms. The molecule has 1 aliphatic carbocycles. The molecule has 0 aromatic heterocycles. The van der Waals surface area contributed by atoms with Crippen molar-refractivity contribution in [1.29, 1.82) is 0 Å². The van der Waals surface area contributed by atoms with Crippen LogP contribution in [0, 0.1) is 5.92 Å². The van der Waals surface area contributed by atoms with Gasteiger partial charge in [-0.15, -0.1) is 0 Å². The van der Waals surface area contributed by atoms with Crippen LogP contribution in [-0.2, 0) is 9.59 Å². The van der Waals surface area contributed by atoms with Crippen molar-refractivity contribution in [3.63, 3.8) is 0 Å². The lowest BCUT2D eigenvalue weighted by Crippen LogP contribution is -2.46. The lowest BCUT2D eigenvalue weighted by molar-refractivity contribution is -0.126. The van der Waals surface area contributed by atoms with Crippen LogP contribution in [0.5, 0.6) is 0 Å². The number of nitrogens with one attached hydrogen (secondary N) is 1. The van der Waals surface area contributed by atoms with Crippen molar-refractivity contribution in [3.05, 3.63) is 29.8 Å². The molecule has 1 saturated heterocycles. The number of rotatable bonds is 3. The Kier molecular flexibility index (Phi) is 3.70. The Labute approximate surface area is 125 Å². The van der Waals surface area contributed by atoms with Gasteiger partial charge >= 0.3 is 0 Å². The van der Waals surface area contributed by atoms with Crippen LogP contribution in [0.4, 0.5) is 5.69 Å². The average molecular weight is 286 g/mol. The summed E-state index contributed by atoms with van der Waals surface area (Å²) in [6.45, 7) is 4.75. The summed E-state index contributed by atoms with van der Waals surface area (Å²) in [6, 6.07) is 7.77. The SMILES string of the molecule is CC(C)c1cccc(N2CCC(=O)NC(C3CC3)C2=O)c1. The van der Waals surface area contributed by atoms with Gasteiger partial charge in [-0.3, -0.25) is 9.59 Å². The molecular weight excluding hydrogens is 264 g/mol. The third-order valence-corrected chi connectivity index (χ3v) is 4.35. The van der Waals surface area contributed by atoms with Crippen molar-refractivity contribution in [1.82, 2.24) is 5.32 Å². The summed E-state index contributed by atoms with van der Waals surface area (Å²) in [4.78, 5) is 26.4. The number of benzene rings is 1. The molecule has 1 aromatic carbocycles. The maximum atomic E-state index is 12.8. The Bertz CT molecular complexity index is 564. The second-order valence-corrected chi connectivity index (χ2v) is 6.37. The molecule has 1 aromatic rings. The van der Waals surface area contributed by atoms with Crippen LogP contribution in [0.15, 0.2) is 24.3 Å². The van der Waals surface area contributed by atoms with E-state index in [9.17, 15) is 9.59 Å². The Morgan fingerprint density at radius 2 is 2.00 bits per heavy atom. The van der Waals surface area contributed by atoms with E-state index in [1.165, 1.54) is 5.56 Å². The minimum absolute atomic E-state index is 0.0113. The van der Waals surface area contributed by atoms with Gasteiger partial charge in [-0.25, -0.2) is 0 Å². The largest absolute Gasteiger partial charge is 0.344 e. The highest BCUT2D eigenvalue weighted by Crippen LogP contribution is 2.35. The van der Waals surface area contributed by atoms with Gasteiger partial charge in [0.2, 0.25) is 11.8 Å². The molecule has 3 rings (SSSR count). The molecule has 0 spiro atoms. The van der Waals surface area contributed by atoms with Crippen molar-refractivity contribution in [2.75, 3.05) is 11.4 Å². The Hall–Kier alpha value is -1.84. The molecule has 0 bridgehead atoms. The van der Waals surface area contributed by atoms with Crippen LogP contribution in [-0.4, -0.2) is 24.4 Å². The fourth-order valence-electron chi connectivity index (χ4n) is 2.86. The number of carbonyl (C=O) groups is 2. The van der Waals surface area contributed by atoms with Crippen molar-refractivity contribution >= 4 is 17.5 Å². The molecule has 4 nitrogen and oxygen atoms in total.